The summed E-state index contributed by atoms with van der Waals surface area (Å²) in [5, 5.41) is 16.6. The Balaban J connectivity index is 1.54. The molecule has 0 saturated heterocycles. The quantitative estimate of drug-likeness (QED) is 0.670. The number of hydrogen-bond donors (Lipinski definition) is 0. The van der Waals surface area contributed by atoms with Crippen molar-refractivity contribution in [3.05, 3.63) is 42.0 Å². The third-order valence-corrected chi connectivity index (χ3v) is 4.49. The van der Waals surface area contributed by atoms with Crippen molar-refractivity contribution in [2.45, 2.75) is 36.1 Å². The van der Waals surface area contributed by atoms with Crippen molar-refractivity contribution < 1.29 is 4.52 Å². The summed E-state index contributed by atoms with van der Waals surface area (Å²) in [6.07, 6.45) is 2.32. The number of benzene rings is 1. The van der Waals surface area contributed by atoms with E-state index in [0.29, 0.717) is 17.0 Å². The number of thioether (sulfide) groups is 1. The van der Waals surface area contributed by atoms with Gasteiger partial charge in [0, 0.05) is 5.92 Å². The topological polar surface area (TPSA) is 82.5 Å². The smallest absolute Gasteiger partial charge is 0.239 e. The molecule has 2 aromatic heterocycles. The van der Waals surface area contributed by atoms with Gasteiger partial charge >= 0.3 is 0 Å². The van der Waals surface area contributed by atoms with Crippen LogP contribution in [0.4, 0.5) is 0 Å². The van der Waals surface area contributed by atoms with Crippen LogP contribution in [0.1, 0.15) is 42.6 Å². The number of tetrazole rings is 1. The highest BCUT2D eigenvalue weighted by Gasteiger charge is 2.30. The summed E-state index contributed by atoms with van der Waals surface area (Å²) < 4.78 is 7.07. The summed E-state index contributed by atoms with van der Waals surface area (Å²) in [4.78, 5) is 4.48. The third-order valence-electron chi connectivity index (χ3n) is 3.47. The minimum Gasteiger partial charge on any atom is -0.338 e. The van der Waals surface area contributed by atoms with Crippen molar-refractivity contribution in [3.8, 4) is 5.69 Å². The van der Waals surface area contributed by atoms with E-state index >= 15 is 0 Å². The van der Waals surface area contributed by atoms with Gasteiger partial charge in [-0.1, -0.05) is 35.1 Å². The monoisotopic (exact) mass is 314 g/mol. The summed E-state index contributed by atoms with van der Waals surface area (Å²) in [7, 11) is 0. The van der Waals surface area contributed by atoms with Crippen LogP contribution in [-0.2, 0) is 0 Å². The molecular weight excluding hydrogens is 300 g/mol. The highest BCUT2D eigenvalue weighted by molar-refractivity contribution is 7.99. The molecule has 1 unspecified atom stereocenters. The Hall–Kier alpha value is -2.22. The summed E-state index contributed by atoms with van der Waals surface area (Å²) >= 11 is 1.50. The Morgan fingerprint density at radius 3 is 2.86 bits per heavy atom. The average molecular weight is 314 g/mol. The Morgan fingerprint density at radius 1 is 1.27 bits per heavy atom. The lowest BCUT2D eigenvalue weighted by Crippen LogP contribution is -2.00. The van der Waals surface area contributed by atoms with E-state index in [4.69, 9.17) is 4.52 Å². The normalized spacial score (nSPS) is 15.9. The standard InChI is InChI=1S/C14H14N6OS/c1-9(13-15-12(17-21-13)10-7-8-10)22-14-16-18-19-20(14)11-5-3-2-4-6-11/h2-6,9-10H,7-8H2,1H3. The van der Waals surface area contributed by atoms with Crippen LogP contribution in [0.25, 0.3) is 5.69 Å². The second-order valence-corrected chi connectivity index (χ2v) is 6.54. The first-order valence-corrected chi connectivity index (χ1v) is 8.03. The molecule has 0 amide bonds. The number of nitrogens with zero attached hydrogens (tertiary/aromatic N) is 6. The minimum atomic E-state index is -0.00605. The van der Waals surface area contributed by atoms with E-state index in [2.05, 4.69) is 25.7 Å². The molecule has 0 aliphatic heterocycles. The van der Waals surface area contributed by atoms with Crippen LogP contribution in [0.2, 0.25) is 0 Å². The van der Waals surface area contributed by atoms with Gasteiger partial charge in [-0.25, -0.2) is 0 Å². The zero-order chi connectivity index (χ0) is 14.9. The maximum atomic E-state index is 5.36. The van der Waals surface area contributed by atoms with E-state index in [1.165, 1.54) is 11.8 Å². The average Bonchev–Trinajstić information content (AvgIpc) is 3.10. The van der Waals surface area contributed by atoms with Crippen molar-refractivity contribution in [2.75, 3.05) is 0 Å². The maximum Gasteiger partial charge on any atom is 0.239 e. The molecule has 0 N–H and O–H groups in total. The second kappa shape index (κ2) is 5.53. The fraction of sp³-hybridized carbons (Fsp3) is 0.357. The van der Waals surface area contributed by atoms with E-state index in [9.17, 15) is 0 Å². The molecule has 1 saturated carbocycles. The van der Waals surface area contributed by atoms with E-state index in [0.717, 1.165) is 24.4 Å². The molecule has 2 heterocycles. The Bertz CT molecular complexity index is 767. The number of para-hydroxylation sites is 1. The summed E-state index contributed by atoms with van der Waals surface area (Å²) in [5.41, 5.74) is 0.923. The van der Waals surface area contributed by atoms with Crippen LogP contribution in [-0.4, -0.2) is 30.3 Å². The number of hydrogen-bond acceptors (Lipinski definition) is 7. The van der Waals surface area contributed by atoms with Crippen molar-refractivity contribution in [3.63, 3.8) is 0 Å². The van der Waals surface area contributed by atoms with Gasteiger partial charge in [-0.05, 0) is 42.3 Å². The Morgan fingerprint density at radius 2 is 2.09 bits per heavy atom. The zero-order valence-electron chi connectivity index (χ0n) is 12.0. The molecule has 1 aliphatic rings. The van der Waals surface area contributed by atoms with Crippen LogP contribution < -0.4 is 0 Å². The molecule has 8 heteroatoms. The molecule has 1 aliphatic carbocycles. The van der Waals surface area contributed by atoms with Crippen LogP contribution in [0.5, 0.6) is 0 Å². The summed E-state index contributed by atoms with van der Waals surface area (Å²) in [6.45, 7) is 2.01. The Labute approximate surface area is 131 Å². The van der Waals surface area contributed by atoms with Gasteiger partial charge in [0.25, 0.3) is 0 Å². The molecule has 22 heavy (non-hydrogen) atoms. The molecule has 112 valence electrons. The van der Waals surface area contributed by atoms with Gasteiger partial charge < -0.3 is 4.52 Å². The first-order valence-electron chi connectivity index (χ1n) is 7.15. The zero-order valence-corrected chi connectivity index (χ0v) is 12.8. The lowest BCUT2D eigenvalue weighted by molar-refractivity contribution is 0.374. The molecule has 1 atom stereocenters. The molecule has 0 spiro atoms. The molecule has 3 aromatic rings. The van der Waals surface area contributed by atoms with Gasteiger partial charge in [0.1, 0.15) is 0 Å². The lowest BCUT2D eigenvalue weighted by Gasteiger charge is -2.06. The minimum absolute atomic E-state index is 0.00605. The fourth-order valence-electron chi connectivity index (χ4n) is 2.11. The Kier molecular flexibility index (Phi) is 3.38. The SMILES string of the molecule is CC(Sc1nnnn1-c1ccccc1)c1nc(C2CC2)no1. The van der Waals surface area contributed by atoms with Gasteiger partial charge in [0.15, 0.2) is 5.82 Å². The van der Waals surface area contributed by atoms with Gasteiger partial charge in [-0.3, -0.25) is 0 Å². The predicted octanol–water partition coefficient (Wildman–Crippen LogP) is 2.78. The molecule has 0 radical (unpaired) electrons. The maximum absolute atomic E-state index is 5.36. The molecular formula is C14H14N6OS. The van der Waals surface area contributed by atoms with Gasteiger partial charge in [0.2, 0.25) is 11.0 Å². The first kappa shape index (κ1) is 13.4. The van der Waals surface area contributed by atoms with Crippen LogP contribution in [0.3, 0.4) is 0 Å². The highest BCUT2D eigenvalue weighted by Crippen LogP contribution is 2.40. The molecule has 1 fully saturated rings. The van der Waals surface area contributed by atoms with Crippen molar-refractivity contribution >= 4 is 11.8 Å². The number of aromatic nitrogens is 6. The van der Waals surface area contributed by atoms with Gasteiger partial charge in [-0.15, -0.1) is 5.10 Å². The van der Waals surface area contributed by atoms with Crippen LogP contribution in [0.15, 0.2) is 40.0 Å². The second-order valence-electron chi connectivity index (χ2n) is 5.23. The van der Waals surface area contributed by atoms with Crippen molar-refractivity contribution in [2.24, 2.45) is 0 Å². The highest BCUT2D eigenvalue weighted by atomic mass is 32.2. The summed E-state index contributed by atoms with van der Waals surface area (Å²) in [5.74, 6) is 1.93. The number of rotatable bonds is 5. The van der Waals surface area contributed by atoms with E-state index in [1.54, 1.807) is 4.68 Å². The van der Waals surface area contributed by atoms with E-state index in [-0.39, 0.29) is 5.25 Å². The van der Waals surface area contributed by atoms with Gasteiger partial charge in [-0.2, -0.15) is 9.67 Å². The van der Waals surface area contributed by atoms with E-state index in [1.807, 2.05) is 37.3 Å². The van der Waals surface area contributed by atoms with Gasteiger partial charge in [0.05, 0.1) is 10.9 Å². The van der Waals surface area contributed by atoms with Crippen molar-refractivity contribution in [1.82, 2.24) is 30.3 Å². The molecule has 1 aromatic carbocycles. The third kappa shape index (κ3) is 2.61. The molecule has 0 bridgehead atoms. The predicted molar refractivity (Wildman–Crippen MR) is 79.7 cm³/mol. The van der Waals surface area contributed by atoms with Crippen molar-refractivity contribution in [1.29, 1.82) is 0 Å². The van der Waals surface area contributed by atoms with Crippen LogP contribution in [0, 0.1) is 0 Å². The largest absolute Gasteiger partial charge is 0.338 e. The van der Waals surface area contributed by atoms with Crippen LogP contribution >= 0.6 is 11.8 Å². The molecule has 4 rings (SSSR count). The summed E-state index contributed by atoms with van der Waals surface area (Å²) in [6, 6.07) is 9.79. The lowest BCUT2D eigenvalue weighted by atomic mass is 10.3. The first-order chi connectivity index (χ1) is 10.8. The van der Waals surface area contributed by atoms with E-state index < -0.39 is 0 Å². The fourth-order valence-corrected chi connectivity index (χ4v) is 2.95. The molecule has 7 nitrogen and oxygen atoms in total.